The van der Waals surface area contributed by atoms with Crippen LogP contribution in [0.2, 0.25) is 0 Å². The van der Waals surface area contributed by atoms with Gasteiger partial charge in [-0.15, -0.1) is 0 Å². The van der Waals surface area contributed by atoms with Gasteiger partial charge in [0.25, 0.3) is 0 Å². The molecule has 4 heteroatoms. The molecule has 106 valence electrons. The molecule has 0 aromatic carbocycles. The summed E-state index contributed by atoms with van der Waals surface area (Å²) in [6, 6.07) is 0.171. The van der Waals surface area contributed by atoms with Gasteiger partial charge in [-0.3, -0.25) is 9.69 Å². The normalized spacial score (nSPS) is 23.9. The first-order chi connectivity index (χ1) is 8.51. The standard InChI is InChI=1S/C14H29N3O/c1-5-11(3)13(15)14(18)16(4)10-12-8-7-9-17(12)6-2/h11-13H,5-10,15H2,1-4H3/t11?,12?,13-/m0/s1. The quantitative estimate of drug-likeness (QED) is 0.778. The Kier molecular flexibility index (Phi) is 6.09. The topological polar surface area (TPSA) is 49.6 Å². The molecular formula is C14H29N3O. The number of amides is 1. The first-order valence-corrected chi connectivity index (χ1v) is 7.25. The van der Waals surface area contributed by atoms with Crippen molar-refractivity contribution in [2.24, 2.45) is 11.7 Å². The van der Waals surface area contributed by atoms with Crippen LogP contribution in [0.15, 0.2) is 0 Å². The van der Waals surface area contributed by atoms with E-state index in [1.54, 1.807) is 0 Å². The van der Waals surface area contributed by atoms with Gasteiger partial charge in [0.05, 0.1) is 6.04 Å². The molecule has 1 aliphatic heterocycles. The first kappa shape index (κ1) is 15.4. The Labute approximate surface area is 111 Å². The minimum atomic E-state index is -0.350. The molecule has 1 fully saturated rings. The van der Waals surface area contributed by atoms with Crippen LogP contribution >= 0.6 is 0 Å². The number of hydrogen-bond acceptors (Lipinski definition) is 3. The van der Waals surface area contributed by atoms with Crippen molar-refractivity contribution in [2.75, 3.05) is 26.7 Å². The largest absolute Gasteiger partial charge is 0.343 e. The van der Waals surface area contributed by atoms with E-state index in [1.807, 2.05) is 18.9 Å². The molecule has 4 nitrogen and oxygen atoms in total. The Morgan fingerprint density at radius 1 is 1.50 bits per heavy atom. The van der Waals surface area contributed by atoms with Gasteiger partial charge in [0, 0.05) is 19.6 Å². The Morgan fingerprint density at radius 3 is 2.72 bits per heavy atom. The van der Waals surface area contributed by atoms with Gasteiger partial charge >= 0.3 is 0 Å². The van der Waals surface area contributed by atoms with Crippen molar-refractivity contribution in [3.8, 4) is 0 Å². The molecule has 1 amide bonds. The van der Waals surface area contributed by atoms with Crippen molar-refractivity contribution in [2.45, 2.75) is 52.1 Å². The first-order valence-electron chi connectivity index (χ1n) is 7.25. The van der Waals surface area contributed by atoms with Crippen LogP contribution in [-0.4, -0.2) is 54.5 Å². The summed E-state index contributed by atoms with van der Waals surface area (Å²) in [7, 11) is 1.89. The molecule has 1 saturated heterocycles. The molecule has 18 heavy (non-hydrogen) atoms. The summed E-state index contributed by atoms with van der Waals surface area (Å²) in [6.07, 6.45) is 3.40. The highest BCUT2D eigenvalue weighted by Gasteiger charge is 2.28. The summed E-state index contributed by atoms with van der Waals surface area (Å²) in [5.74, 6) is 0.345. The number of hydrogen-bond donors (Lipinski definition) is 1. The number of rotatable bonds is 6. The fourth-order valence-corrected chi connectivity index (χ4v) is 2.68. The minimum Gasteiger partial charge on any atom is -0.343 e. The average molecular weight is 255 g/mol. The van der Waals surface area contributed by atoms with E-state index >= 15 is 0 Å². The minimum absolute atomic E-state index is 0.0901. The Balaban J connectivity index is 2.49. The van der Waals surface area contributed by atoms with E-state index in [2.05, 4.69) is 18.7 Å². The number of carbonyl (C=O) groups excluding carboxylic acids is 1. The molecule has 1 rings (SSSR count). The van der Waals surface area contributed by atoms with Gasteiger partial charge in [0.15, 0.2) is 0 Å². The lowest BCUT2D eigenvalue weighted by molar-refractivity contribution is -0.133. The molecule has 0 spiro atoms. The third-order valence-corrected chi connectivity index (χ3v) is 4.31. The molecule has 2 N–H and O–H groups in total. The highest BCUT2D eigenvalue weighted by Crippen LogP contribution is 2.18. The highest BCUT2D eigenvalue weighted by molar-refractivity contribution is 5.81. The van der Waals surface area contributed by atoms with Crippen LogP contribution in [0, 0.1) is 5.92 Å². The molecule has 0 aromatic heterocycles. The van der Waals surface area contributed by atoms with Crippen LogP contribution in [0.4, 0.5) is 0 Å². The number of likely N-dealkylation sites (N-methyl/N-ethyl adjacent to an activating group) is 2. The number of carbonyl (C=O) groups is 1. The molecule has 3 atom stereocenters. The molecule has 0 bridgehead atoms. The lowest BCUT2D eigenvalue weighted by Crippen LogP contribution is -2.49. The van der Waals surface area contributed by atoms with Crippen LogP contribution in [-0.2, 0) is 4.79 Å². The predicted octanol–water partition coefficient (Wildman–Crippen LogP) is 1.30. The van der Waals surface area contributed by atoms with E-state index in [0.717, 1.165) is 19.5 Å². The van der Waals surface area contributed by atoms with E-state index in [-0.39, 0.29) is 17.9 Å². The van der Waals surface area contributed by atoms with E-state index in [0.29, 0.717) is 6.04 Å². The molecule has 0 saturated carbocycles. The van der Waals surface area contributed by atoms with Crippen molar-refractivity contribution in [1.29, 1.82) is 0 Å². The van der Waals surface area contributed by atoms with Gasteiger partial charge < -0.3 is 10.6 Å². The fourth-order valence-electron chi connectivity index (χ4n) is 2.68. The van der Waals surface area contributed by atoms with Gasteiger partial charge in [-0.05, 0) is 31.8 Å². The summed E-state index contributed by atoms with van der Waals surface area (Å²) >= 11 is 0. The maximum Gasteiger partial charge on any atom is 0.239 e. The summed E-state index contributed by atoms with van der Waals surface area (Å²) < 4.78 is 0. The third-order valence-electron chi connectivity index (χ3n) is 4.31. The van der Waals surface area contributed by atoms with Crippen LogP contribution < -0.4 is 5.73 Å². The third kappa shape index (κ3) is 3.69. The summed E-state index contributed by atoms with van der Waals surface area (Å²) in [5.41, 5.74) is 6.01. The van der Waals surface area contributed by atoms with Crippen molar-refractivity contribution >= 4 is 5.91 Å². The number of likely N-dealkylation sites (tertiary alicyclic amines) is 1. The van der Waals surface area contributed by atoms with Gasteiger partial charge in [0.1, 0.15) is 0 Å². The van der Waals surface area contributed by atoms with E-state index < -0.39 is 0 Å². The smallest absolute Gasteiger partial charge is 0.239 e. The predicted molar refractivity (Wildman–Crippen MR) is 75.3 cm³/mol. The fraction of sp³-hybridized carbons (Fsp3) is 0.929. The maximum atomic E-state index is 12.2. The van der Waals surface area contributed by atoms with Crippen LogP contribution in [0.5, 0.6) is 0 Å². The Hall–Kier alpha value is -0.610. The molecule has 0 aliphatic carbocycles. The number of nitrogens with two attached hydrogens (primary N) is 1. The molecule has 1 heterocycles. The van der Waals surface area contributed by atoms with Crippen molar-refractivity contribution in [3.05, 3.63) is 0 Å². The second-order valence-electron chi connectivity index (χ2n) is 5.55. The lowest BCUT2D eigenvalue weighted by atomic mass is 9.99. The van der Waals surface area contributed by atoms with E-state index in [1.165, 1.54) is 19.4 Å². The van der Waals surface area contributed by atoms with E-state index in [9.17, 15) is 4.79 Å². The zero-order valence-corrected chi connectivity index (χ0v) is 12.4. The molecule has 0 radical (unpaired) electrons. The van der Waals surface area contributed by atoms with Crippen LogP contribution in [0.25, 0.3) is 0 Å². The molecule has 0 aromatic rings. The monoisotopic (exact) mass is 255 g/mol. The average Bonchev–Trinajstić information content (AvgIpc) is 2.82. The van der Waals surface area contributed by atoms with Gasteiger partial charge in [0.2, 0.25) is 5.91 Å². The van der Waals surface area contributed by atoms with Crippen LogP contribution in [0.1, 0.15) is 40.0 Å². The summed E-state index contributed by atoms with van der Waals surface area (Å²) in [5, 5.41) is 0. The van der Waals surface area contributed by atoms with Gasteiger partial charge in [-0.2, -0.15) is 0 Å². The van der Waals surface area contributed by atoms with Crippen molar-refractivity contribution in [1.82, 2.24) is 9.80 Å². The lowest BCUT2D eigenvalue weighted by Gasteiger charge is -2.30. The molecule has 2 unspecified atom stereocenters. The Morgan fingerprint density at radius 2 is 2.17 bits per heavy atom. The maximum absolute atomic E-state index is 12.2. The summed E-state index contributed by atoms with van der Waals surface area (Å²) in [6.45, 7) is 9.37. The second kappa shape index (κ2) is 7.10. The Bertz CT molecular complexity index is 270. The van der Waals surface area contributed by atoms with Gasteiger partial charge in [-0.1, -0.05) is 27.2 Å². The van der Waals surface area contributed by atoms with Crippen LogP contribution in [0.3, 0.4) is 0 Å². The zero-order chi connectivity index (χ0) is 13.7. The van der Waals surface area contributed by atoms with Crippen molar-refractivity contribution in [3.63, 3.8) is 0 Å². The highest BCUT2D eigenvalue weighted by atomic mass is 16.2. The SMILES string of the molecule is CCC(C)[C@H](N)C(=O)N(C)CC1CCCN1CC. The molecule has 1 aliphatic rings. The van der Waals surface area contributed by atoms with E-state index in [4.69, 9.17) is 5.73 Å². The van der Waals surface area contributed by atoms with Crippen molar-refractivity contribution < 1.29 is 4.79 Å². The number of nitrogens with zero attached hydrogens (tertiary/aromatic N) is 2. The zero-order valence-electron chi connectivity index (χ0n) is 12.4. The van der Waals surface area contributed by atoms with Gasteiger partial charge in [-0.25, -0.2) is 0 Å². The second-order valence-corrected chi connectivity index (χ2v) is 5.55. The molecular weight excluding hydrogens is 226 g/mol. The summed E-state index contributed by atoms with van der Waals surface area (Å²) in [4.78, 5) is 16.5.